The molecule has 0 saturated carbocycles. The summed E-state index contributed by atoms with van der Waals surface area (Å²) in [6, 6.07) is 10.6. The lowest BCUT2D eigenvalue weighted by molar-refractivity contribution is 0.181. The lowest BCUT2D eigenvalue weighted by Crippen LogP contribution is -2.50. The molecule has 2 aliphatic rings. The number of hydrogen-bond donors (Lipinski definition) is 1. The third kappa shape index (κ3) is 3.82. The number of ether oxygens (including phenoxy) is 1. The Morgan fingerprint density at radius 2 is 1.93 bits per heavy atom. The van der Waals surface area contributed by atoms with E-state index in [0.717, 1.165) is 5.82 Å². The number of rotatable bonds is 3. The Balaban J connectivity index is 1.36. The lowest BCUT2D eigenvalue weighted by Gasteiger charge is -2.35. The summed E-state index contributed by atoms with van der Waals surface area (Å²) < 4.78 is 4.96. The molecule has 0 atom stereocenters. The number of cyclic esters (lactones) is 1. The molecule has 9 heteroatoms. The van der Waals surface area contributed by atoms with Gasteiger partial charge < -0.3 is 19.9 Å². The Morgan fingerprint density at radius 1 is 1.11 bits per heavy atom. The van der Waals surface area contributed by atoms with Crippen LogP contribution in [0.5, 0.6) is 0 Å². The highest BCUT2D eigenvalue weighted by Crippen LogP contribution is 2.25. The number of carbonyl (C=O) groups excluding carboxylic acids is 2. The van der Waals surface area contributed by atoms with Crippen molar-refractivity contribution in [1.29, 1.82) is 0 Å². The normalized spacial score (nSPS) is 16.9. The molecule has 2 aliphatic heterocycles. The fraction of sp³-hybridized carbons (Fsp3) is 0.316. The number of nitrogens with zero attached hydrogens (tertiary/aromatic N) is 4. The van der Waals surface area contributed by atoms with Crippen LogP contribution in [0.2, 0.25) is 5.02 Å². The monoisotopic (exact) mass is 401 g/mol. The molecule has 1 N–H and O–H groups in total. The zero-order valence-corrected chi connectivity index (χ0v) is 15.9. The largest absolute Gasteiger partial charge is 0.447 e. The molecular formula is C19H20ClN5O3. The number of piperazine rings is 1. The van der Waals surface area contributed by atoms with E-state index in [-0.39, 0.29) is 12.1 Å². The van der Waals surface area contributed by atoms with Gasteiger partial charge in [-0.15, -0.1) is 0 Å². The van der Waals surface area contributed by atoms with E-state index < -0.39 is 0 Å². The molecule has 8 nitrogen and oxygen atoms in total. The number of aromatic nitrogens is 1. The van der Waals surface area contributed by atoms with Crippen molar-refractivity contribution in [3.8, 4) is 0 Å². The Labute approximate surface area is 167 Å². The van der Waals surface area contributed by atoms with Crippen molar-refractivity contribution in [3.05, 3.63) is 47.6 Å². The van der Waals surface area contributed by atoms with Gasteiger partial charge in [0.15, 0.2) is 0 Å². The van der Waals surface area contributed by atoms with Crippen LogP contribution in [0.3, 0.4) is 0 Å². The third-order valence-corrected chi connectivity index (χ3v) is 5.07. The molecule has 1 aromatic heterocycles. The maximum atomic E-state index is 12.6. The van der Waals surface area contributed by atoms with E-state index in [1.807, 2.05) is 12.1 Å². The first kappa shape index (κ1) is 18.4. The van der Waals surface area contributed by atoms with E-state index in [9.17, 15) is 9.59 Å². The minimum absolute atomic E-state index is 0.173. The number of pyridine rings is 1. The van der Waals surface area contributed by atoms with Crippen molar-refractivity contribution in [2.75, 3.05) is 54.4 Å². The Morgan fingerprint density at radius 3 is 2.64 bits per heavy atom. The number of halogens is 1. The average molecular weight is 402 g/mol. The molecule has 0 radical (unpaired) electrons. The van der Waals surface area contributed by atoms with Gasteiger partial charge in [0.1, 0.15) is 12.4 Å². The molecular weight excluding hydrogens is 382 g/mol. The molecule has 3 amide bonds. The number of hydrogen-bond acceptors (Lipinski definition) is 5. The Hall–Kier alpha value is -3.00. The summed E-state index contributed by atoms with van der Waals surface area (Å²) in [7, 11) is 0. The summed E-state index contributed by atoms with van der Waals surface area (Å²) in [6.45, 7) is 3.33. The quantitative estimate of drug-likeness (QED) is 0.855. The lowest BCUT2D eigenvalue weighted by atomic mass is 10.2. The van der Waals surface area contributed by atoms with Gasteiger partial charge in [-0.3, -0.25) is 4.90 Å². The predicted octanol–water partition coefficient (Wildman–Crippen LogP) is 3.05. The summed E-state index contributed by atoms with van der Waals surface area (Å²) in [5.74, 6) is 0.745. The minimum Gasteiger partial charge on any atom is -0.447 e. The summed E-state index contributed by atoms with van der Waals surface area (Å²) in [6.07, 6.45) is 1.34. The van der Waals surface area contributed by atoms with Crippen molar-refractivity contribution in [1.82, 2.24) is 9.88 Å². The van der Waals surface area contributed by atoms with Crippen LogP contribution < -0.4 is 15.1 Å². The molecule has 4 rings (SSSR count). The number of anilines is 3. The molecule has 28 heavy (non-hydrogen) atoms. The van der Waals surface area contributed by atoms with Crippen LogP contribution in [0.4, 0.5) is 26.8 Å². The molecule has 1 aromatic carbocycles. The van der Waals surface area contributed by atoms with Gasteiger partial charge in [0.05, 0.1) is 11.6 Å². The predicted molar refractivity (Wildman–Crippen MR) is 107 cm³/mol. The molecule has 0 bridgehead atoms. The molecule has 0 aliphatic carbocycles. The van der Waals surface area contributed by atoms with Crippen LogP contribution in [0, 0.1) is 0 Å². The first-order valence-corrected chi connectivity index (χ1v) is 9.45. The van der Waals surface area contributed by atoms with E-state index in [4.69, 9.17) is 16.3 Å². The average Bonchev–Trinajstić information content (AvgIpc) is 3.15. The highest BCUT2D eigenvalue weighted by molar-refractivity contribution is 6.32. The van der Waals surface area contributed by atoms with Crippen molar-refractivity contribution in [2.45, 2.75) is 0 Å². The van der Waals surface area contributed by atoms with Crippen molar-refractivity contribution in [2.24, 2.45) is 0 Å². The fourth-order valence-electron chi connectivity index (χ4n) is 3.31. The second-order valence-electron chi connectivity index (χ2n) is 6.53. The van der Waals surface area contributed by atoms with Crippen molar-refractivity contribution < 1.29 is 14.3 Å². The molecule has 0 spiro atoms. The van der Waals surface area contributed by atoms with Crippen LogP contribution in [0.15, 0.2) is 42.6 Å². The van der Waals surface area contributed by atoms with Gasteiger partial charge in [-0.2, -0.15) is 0 Å². The van der Waals surface area contributed by atoms with Gasteiger partial charge in [-0.05, 0) is 30.3 Å². The number of benzene rings is 1. The van der Waals surface area contributed by atoms with Crippen LogP contribution >= 0.6 is 11.6 Å². The standard InChI is InChI=1S/C19H20ClN5O3/c20-16-5-2-6-21-17(16)23-7-9-24(10-8-23)18(26)22-14-3-1-4-15(13-14)25-11-12-28-19(25)27/h1-6,13H,7-12H2,(H,22,26). The second kappa shape index (κ2) is 7.93. The summed E-state index contributed by atoms with van der Waals surface area (Å²) in [5.41, 5.74) is 1.34. The fourth-order valence-corrected chi connectivity index (χ4v) is 3.55. The second-order valence-corrected chi connectivity index (χ2v) is 6.94. The van der Waals surface area contributed by atoms with Gasteiger partial charge in [0.25, 0.3) is 0 Å². The third-order valence-electron chi connectivity index (χ3n) is 4.78. The minimum atomic E-state index is -0.368. The first-order valence-electron chi connectivity index (χ1n) is 9.07. The smallest absolute Gasteiger partial charge is 0.414 e. The highest BCUT2D eigenvalue weighted by atomic mass is 35.5. The highest BCUT2D eigenvalue weighted by Gasteiger charge is 2.25. The van der Waals surface area contributed by atoms with Crippen LogP contribution in [0.1, 0.15) is 0 Å². The number of carbonyl (C=O) groups is 2. The van der Waals surface area contributed by atoms with E-state index in [1.165, 1.54) is 0 Å². The van der Waals surface area contributed by atoms with Crippen molar-refractivity contribution in [3.63, 3.8) is 0 Å². The van der Waals surface area contributed by atoms with E-state index in [1.54, 1.807) is 40.3 Å². The van der Waals surface area contributed by atoms with Crippen molar-refractivity contribution >= 4 is 40.9 Å². The van der Waals surface area contributed by atoms with Gasteiger partial charge in [0.2, 0.25) is 0 Å². The topological polar surface area (TPSA) is 78.0 Å². The Bertz CT molecular complexity index is 885. The van der Waals surface area contributed by atoms with Gasteiger partial charge >= 0.3 is 12.1 Å². The number of nitrogens with one attached hydrogen (secondary N) is 1. The van der Waals surface area contributed by atoms with E-state index in [2.05, 4.69) is 15.2 Å². The zero-order chi connectivity index (χ0) is 19.5. The molecule has 2 fully saturated rings. The zero-order valence-electron chi connectivity index (χ0n) is 15.2. The van der Waals surface area contributed by atoms with Gasteiger partial charge in [-0.25, -0.2) is 14.6 Å². The molecule has 0 unspecified atom stereocenters. The van der Waals surface area contributed by atoms with Gasteiger partial charge in [-0.1, -0.05) is 17.7 Å². The van der Waals surface area contributed by atoms with Crippen LogP contribution in [0.25, 0.3) is 0 Å². The Kier molecular flexibility index (Phi) is 5.21. The maximum absolute atomic E-state index is 12.6. The van der Waals surface area contributed by atoms with Crippen LogP contribution in [-0.4, -0.2) is 61.3 Å². The van der Waals surface area contributed by atoms with Gasteiger partial charge in [0, 0.05) is 43.8 Å². The van der Waals surface area contributed by atoms with Crippen LogP contribution in [-0.2, 0) is 4.74 Å². The summed E-state index contributed by atoms with van der Waals surface area (Å²) >= 11 is 6.21. The SMILES string of the molecule is O=C(Nc1cccc(N2CCOC2=O)c1)N1CCN(c2ncccc2Cl)CC1. The number of urea groups is 1. The molecule has 2 saturated heterocycles. The summed E-state index contributed by atoms with van der Waals surface area (Å²) in [5, 5.41) is 3.51. The maximum Gasteiger partial charge on any atom is 0.414 e. The molecule has 2 aromatic rings. The summed E-state index contributed by atoms with van der Waals surface area (Å²) in [4.78, 5) is 34.0. The van der Waals surface area contributed by atoms with E-state index >= 15 is 0 Å². The molecule has 146 valence electrons. The van der Waals surface area contributed by atoms with E-state index in [0.29, 0.717) is 55.7 Å². The number of amides is 3. The molecule has 3 heterocycles. The first-order chi connectivity index (χ1) is 13.6.